The number of anilines is 3. The molecule has 2 unspecified atom stereocenters. The van der Waals surface area contributed by atoms with Gasteiger partial charge in [-0.05, 0) is 44.3 Å². The van der Waals surface area contributed by atoms with Crippen LogP contribution in [0.2, 0.25) is 0 Å². The molecule has 1 aromatic heterocycles. The minimum absolute atomic E-state index is 0.157. The second-order valence-electron chi connectivity index (χ2n) is 11.1. The van der Waals surface area contributed by atoms with Gasteiger partial charge in [0.05, 0.1) is 30.8 Å². The van der Waals surface area contributed by atoms with E-state index in [0.29, 0.717) is 38.2 Å². The Kier molecular flexibility index (Phi) is 7.30. The summed E-state index contributed by atoms with van der Waals surface area (Å²) in [4.78, 5) is 30.2. The number of piperazine rings is 1. The number of nitrogens with zero attached hydrogens (tertiary/aromatic N) is 7. The molecule has 2 N–H and O–H groups in total. The molecule has 0 saturated carbocycles. The van der Waals surface area contributed by atoms with Crippen molar-refractivity contribution in [2.45, 2.75) is 44.3 Å². The topological polar surface area (TPSA) is 112 Å². The van der Waals surface area contributed by atoms with Crippen molar-refractivity contribution < 1.29 is 9.90 Å². The number of likely N-dealkylation sites (N-methyl/N-ethyl adjacent to an activating group) is 1. The molecule has 2 fully saturated rings. The van der Waals surface area contributed by atoms with Crippen LogP contribution in [0.25, 0.3) is 10.8 Å². The maximum absolute atomic E-state index is 11.8. The molecule has 3 aromatic rings. The summed E-state index contributed by atoms with van der Waals surface area (Å²) in [5.74, 6) is 1.49. The van der Waals surface area contributed by atoms with Crippen molar-refractivity contribution in [3.8, 4) is 6.07 Å². The zero-order chi connectivity index (χ0) is 27.6. The zero-order valence-electron chi connectivity index (χ0n) is 23.0. The average molecular weight is 541 g/mol. The predicted octanol–water partition coefficient (Wildman–Crippen LogP) is 3.78. The molecule has 4 heterocycles. The highest BCUT2D eigenvalue weighted by Crippen LogP contribution is 2.34. The van der Waals surface area contributed by atoms with Gasteiger partial charge in [0, 0.05) is 55.4 Å². The van der Waals surface area contributed by atoms with Gasteiger partial charge in [0.1, 0.15) is 5.82 Å². The third-order valence-corrected chi connectivity index (χ3v) is 8.67. The van der Waals surface area contributed by atoms with Crippen molar-refractivity contribution in [1.29, 1.82) is 5.26 Å². The number of amides is 1. The Morgan fingerprint density at radius 1 is 1.07 bits per heavy atom. The normalized spacial score (nSPS) is 21.4. The van der Waals surface area contributed by atoms with Crippen molar-refractivity contribution in [1.82, 2.24) is 19.8 Å². The van der Waals surface area contributed by atoms with Crippen LogP contribution in [0.3, 0.4) is 0 Å². The predicted molar refractivity (Wildman–Crippen MR) is 156 cm³/mol. The van der Waals surface area contributed by atoms with Gasteiger partial charge in [-0.15, -0.1) is 0 Å². The maximum Gasteiger partial charge on any atom is 0.407 e. The minimum atomic E-state index is -0.974. The van der Waals surface area contributed by atoms with Crippen LogP contribution in [0.5, 0.6) is 0 Å². The van der Waals surface area contributed by atoms with Crippen LogP contribution in [0.4, 0.5) is 22.2 Å². The summed E-state index contributed by atoms with van der Waals surface area (Å²) in [7, 11) is 2.16. The van der Waals surface area contributed by atoms with Crippen molar-refractivity contribution in [2.24, 2.45) is 0 Å². The number of carboxylic acid groups (broad SMARTS) is 1. The molecule has 2 atom stereocenters. The fraction of sp³-hybridized carbons (Fsp3) is 0.467. The number of aromatic nitrogens is 2. The largest absolute Gasteiger partial charge is 0.465 e. The van der Waals surface area contributed by atoms with Gasteiger partial charge in [-0.1, -0.05) is 36.4 Å². The van der Waals surface area contributed by atoms with Gasteiger partial charge < -0.3 is 30.0 Å². The van der Waals surface area contributed by atoms with E-state index in [4.69, 9.17) is 9.97 Å². The highest BCUT2D eigenvalue weighted by molar-refractivity contribution is 5.94. The number of benzene rings is 2. The monoisotopic (exact) mass is 540 g/mol. The Balaban J connectivity index is 1.33. The number of fused-ring (bicyclic) bond motifs is 2. The summed E-state index contributed by atoms with van der Waals surface area (Å²) in [6, 6.07) is 17.2. The second-order valence-corrected chi connectivity index (χ2v) is 11.1. The van der Waals surface area contributed by atoms with E-state index in [9.17, 15) is 15.2 Å². The fourth-order valence-corrected chi connectivity index (χ4v) is 6.47. The van der Waals surface area contributed by atoms with Gasteiger partial charge in [-0.2, -0.15) is 10.2 Å². The smallest absolute Gasteiger partial charge is 0.407 e. The number of hydrogen-bond acceptors (Lipinski definition) is 8. The molecule has 1 amide bonds. The van der Waals surface area contributed by atoms with E-state index in [1.165, 1.54) is 27.8 Å². The van der Waals surface area contributed by atoms with E-state index in [1.807, 2.05) is 0 Å². The maximum atomic E-state index is 11.8. The lowest BCUT2D eigenvalue weighted by molar-refractivity contribution is 0.119. The van der Waals surface area contributed by atoms with Crippen LogP contribution in [0.15, 0.2) is 42.5 Å². The molecule has 6 rings (SSSR count). The summed E-state index contributed by atoms with van der Waals surface area (Å²) in [6.45, 7) is 4.73. The van der Waals surface area contributed by atoms with Crippen LogP contribution < -0.4 is 15.1 Å². The average Bonchev–Trinajstić information content (AvgIpc) is 3.39. The fourth-order valence-electron chi connectivity index (χ4n) is 6.47. The van der Waals surface area contributed by atoms with Gasteiger partial charge in [0.2, 0.25) is 5.95 Å². The number of hydrogen-bond donors (Lipinski definition) is 2. The van der Waals surface area contributed by atoms with E-state index in [0.717, 1.165) is 49.6 Å². The van der Waals surface area contributed by atoms with Crippen molar-refractivity contribution in [3.05, 3.63) is 53.7 Å². The summed E-state index contributed by atoms with van der Waals surface area (Å²) in [5.41, 5.74) is 3.33. The lowest BCUT2D eigenvalue weighted by Crippen LogP contribution is -2.55. The Morgan fingerprint density at radius 3 is 2.73 bits per heavy atom. The number of likely N-dealkylation sites (tertiary alicyclic amines) is 1. The van der Waals surface area contributed by atoms with E-state index in [2.05, 4.69) is 75.6 Å². The Morgan fingerprint density at radius 2 is 1.93 bits per heavy atom. The van der Waals surface area contributed by atoms with Crippen LogP contribution in [0, 0.1) is 11.3 Å². The summed E-state index contributed by atoms with van der Waals surface area (Å²) in [5, 5.41) is 25.1. The standard InChI is InChI=1S/C30H36N8O2/c1-35-14-5-8-22(35)18-32-29-33-26-20-36(27-10-4-7-21-6-2-3-9-24(21)27)15-12-25(26)28(34-29)37-16-17-38(30(39)40)23(19-37)11-13-31/h2-4,6-7,9-10,22-23H,5,8,11-12,14-20H2,1H3,(H,39,40)(H,32,33,34). The van der Waals surface area contributed by atoms with Crippen molar-refractivity contribution in [2.75, 3.05) is 61.4 Å². The summed E-state index contributed by atoms with van der Waals surface area (Å²) < 4.78 is 0. The first-order valence-electron chi connectivity index (χ1n) is 14.2. The first-order valence-corrected chi connectivity index (χ1v) is 14.2. The number of nitrogens with one attached hydrogen (secondary N) is 1. The van der Waals surface area contributed by atoms with E-state index >= 15 is 0 Å². The van der Waals surface area contributed by atoms with Gasteiger partial charge in [0.25, 0.3) is 0 Å². The van der Waals surface area contributed by atoms with Gasteiger partial charge in [0.15, 0.2) is 0 Å². The lowest BCUT2D eigenvalue weighted by Gasteiger charge is -2.41. The molecule has 208 valence electrons. The zero-order valence-corrected chi connectivity index (χ0v) is 23.0. The van der Waals surface area contributed by atoms with Crippen LogP contribution in [-0.2, 0) is 13.0 Å². The molecule has 0 aliphatic carbocycles. The summed E-state index contributed by atoms with van der Waals surface area (Å²) >= 11 is 0. The molecule has 0 radical (unpaired) electrons. The molecular weight excluding hydrogens is 504 g/mol. The van der Waals surface area contributed by atoms with Crippen molar-refractivity contribution in [3.63, 3.8) is 0 Å². The number of nitriles is 1. The molecule has 40 heavy (non-hydrogen) atoms. The van der Waals surface area contributed by atoms with Crippen LogP contribution in [0.1, 0.15) is 30.5 Å². The van der Waals surface area contributed by atoms with Gasteiger partial charge in [-0.25, -0.2) is 9.78 Å². The Bertz CT molecular complexity index is 1430. The van der Waals surface area contributed by atoms with E-state index in [1.54, 1.807) is 0 Å². The molecule has 0 spiro atoms. The van der Waals surface area contributed by atoms with Crippen LogP contribution in [-0.4, -0.2) is 89.4 Å². The Hall–Kier alpha value is -4.10. The van der Waals surface area contributed by atoms with Crippen molar-refractivity contribution >= 4 is 34.3 Å². The highest BCUT2D eigenvalue weighted by Gasteiger charge is 2.34. The Labute approximate surface area is 234 Å². The van der Waals surface area contributed by atoms with Gasteiger partial charge in [-0.3, -0.25) is 0 Å². The third-order valence-electron chi connectivity index (χ3n) is 8.67. The van der Waals surface area contributed by atoms with E-state index in [-0.39, 0.29) is 12.5 Å². The molecule has 0 bridgehead atoms. The molecular formula is C30H36N8O2. The quantitative estimate of drug-likeness (QED) is 0.482. The molecule has 2 saturated heterocycles. The third kappa shape index (κ3) is 5.09. The first-order chi connectivity index (χ1) is 19.5. The van der Waals surface area contributed by atoms with Crippen LogP contribution >= 0.6 is 0 Å². The number of rotatable bonds is 6. The molecule has 10 heteroatoms. The highest BCUT2D eigenvalue weighted by atomic mass is 16.4. The number of carbonyl (C=O) groups is 1. The van der Waals surface area contributed by atoms with Gasteiger partial charge >= 0.3 is 6.09 Å². The van der Waals surface area contributed by atoms with E-state index < -0.39 is 6.09 Å². The molecule has 3 aliphatic rings. The second kappa shape index (κ2) is 11.2. The summed E-state index contributed by atoms with van der Waals surface area (Å²) in [6.07, 6.45) is 2.33. The molecule has 2 aromatic carbocycles. The first kappa shape index (κ1) is 26.1. The lowest BCUT2D eigenvalue weighted by atomic mass is 10.0. The SMILES string of the molecule is CN1CCCC1CNc1nc2c(c(N3CCN(C(=O)O)C(CC#N)C3)n1)CCN(c1cccc3ccccc13)C2. The molecule has 10 nitrogen and oxygen atoms in total. The minimum Gasteiger partial charge on any atom is -0.465 e. The molecule has 3 aliphatic heterocycles.